The third-order valence-electron chi connectivity index (χ3n) is 5.05. The first-order chi connectivity index (χ1) is 11.8. The molecule has 1 aliphatic heterocycles. The fourth-order valence-electron chi connectivity index (χ4n) is 3.86. The molecule has 1 aromatic heterocycles. The molecular weight excluding hydrogens is 325 g/mol. The van der Waals surface area contributed by atoms with E-state index in [0.717, 1.165) is 18.8 Å². The van der Waals surface area contributed by atoms with E-state index in [9.17, 15) is 0 Å². The van der Waals surface area contributed by atoms with E-state index in [2.05, 4.69) is 74.6 Å². The van der Waals surface area contributed by atoms with Gasteiger partial charge in [0.2, 0.25) is 0 Å². The van der Waals surface area contributed by atoms with E-state index >= 15 is 0 Å². The first-order valence-electron chi connectivity index (χ1n) is 9.20. The molecule has 0 N–H and O–H groups in total. The average Bonchev–Trinajstić information content (AvgIpc) is 3.08. The first kappa shape index (κ1) is 18.4. The van der Waals surface area contributed by atoms with Crippen molar-refractivity contribution in [3.63, 3.8) is 0 Å². The van der Waals surface area contributed by atoms with Crippen LogP contribution in [-0.4, -0.2) is 27.9 Å². The molecule has 134 valence electrons. The van der Waals surface area contributed by atoms with Gasteiger partial charge in [0, 0.05) is 35.9 Å². The quantitative estimate of drug-likeness (QED) is 0.664. The lowest BCUT2D eigenvalue weighted by Crippen LogP contribution is -2.35. The Morgan fingerprint density at radius 1 is 1.00 bits per heavy atom. The first-order valence-corrected chi connectivity index (χ1v) is 10.9. The fourth-order valence-corrected chi connectivity index (χ4v) is 8.30. The maximum atomic E-state index is 5.56. The van der Waals surface area contributed by atoms with Gasteiger partial charge in [0.25, 0.3) is 0 Å². The number of rotatable bonds is 3. The van der Waals surface area contributed by atoms with Crippen LogP contribution < -0.4 is 5.30 Å². The highest BCUT2D eigenvalue weighted by atomic mass is 31.2. The molecule has 25 heavy (non-hydrogen) atoms. The monoisotopic (exact) mass is 355 g/mol. The van der Waals surface area contributed by atoms with Crippen molar-refractivity contribution in [2.24, 2.45) is 4.74 Å². The zero-order chi connectivity index (χ0) is 18.1. The zero-order valence-corrected chi connectivity index (χ0v) is 17.1. The van der Waals surface area contributed by atoms with Gasteiger partial charge >= 0.3 is 0 Å². The van der Waals surface area contributed by atoms with Crippen molar-refractivity contribution in [1.29, 1.82) is 0 Å². The lowest BCUT2D eigenvalue weighted by molar-refractivity contribution is 0.538. The lowest BCUT2D eigenvalue weighted by atomic mass is 10.1. The van der Waals surface area contributed by atoms with Crippen LogP contribution in [0, 0.1) is 13.8 Å². The maximum absolute atomic E-state index is 5.56. The Hall–Kier alpha value is -1.44. The van der Waals surface area contributed by atoms with Crippen molar-refractivity contribution in [3.8, 4) is 0 Å². The van der Waals surface area contributed by atoms with Crippen LogP contribution in [-0.2, 0) is 0 Å². The molecule has 0 aliphatic carbocycles. The van der Waals surface area contributed by atoms with Gasteiger partial charge < -0.3 is 0 Å². The summed E-state index contributed by atoms with van der Waals surface area (Å²) < 4.78 is 8.25. The molecule has 1 fully saturated rings. The normalized spacial score (nSPS) is 18.1. The molecule has 2 heterocycles. The number of hydrogen-bond donors (Lipinski definition) is 0. The van der Waals surface area contributed by atoms with Crippen LogP contribution in [0.25, 0.3) is 0 Å². The SMILES string of the molecule is Cc1ccc(N=[P@@](c2ccncc2)(N2CCCC2)C(C)(C)C)c(C)c1. The summed E-state index contributed by atoms with van der Waals surface area (Å²) in [4.78, 5) is 4.26. The van der Waals surface area contributed by atoms with E-state index in [-0.39, 0.29) is 5.16 Å². The summed E-state index contributed by atoms with van der Waals surface area (Å²) in [7, 11) is -1.93. The summed E-state index contributed by atoms with van der Waals surface area (Å²) >= 11 is 0. The molecule has 0 radical (unpaired) electrons. The van der Waals surface area contributed by atoms with Gasteiger partial charge in [-0.3, -0.25) is 9.65 Å². The molecule has 3 rings (SSSR count). The summed E-state index contributed by atoms with van der Waals surface area (Å²) in [5.41, 5.74) is 3.70. The number of pyridine rings is 1. The molecule has 1 saturated heterocycles. The molecule has 1 atom stereocenters. The van der Waals surface area contributed by atoms with Crippen LogP contribution in [0.3, 0.4) is 0 Å². The van der Waals surface area contributed by atoms with E-state index < -0.39 is 7.21 Å². The minimum atomic E-state index is -1.93. The predicted molar refractivity (Wildman–Crippen MR) is 109 cm³/mol. The van der Waals surface area contributed by atoms with Crippen molar-refractivity contribution in [1.82, 2.24) is 9.65 Å². The van der Waals surface area contributed by atoms with Gasteiger partial charge in [-0.1, -0.05) is 38.5 Å². The highest BCUT2D eigenvalue weighted by molar-refractivity contribution is 7.73. The molecule has 0 unspecified atom stereocenters. The van der Waals surface area contributed by atoms with Gasteiger partial charge in [-0.05, 0) is 50.5 Å². The molecule has 0 spiro atoms. The standard InChI is InChI=1S/C21H30N3P/c1-17-8-9-20(18(2)16-17)23-25(21(3,4)5,24-14-6-7-15-24)19-10-12-22-13-11-19/h8-13,16H,6-7,14-15H2,1-5H3/t25-/m0/s1. The van der Waals surface area contributed by atoms with Crippen molar-refractivity contribution in [3.05, 3.63) is 53.9 Å². The Labute approximate surface area is 152 Å². The zero-order valence-electron chi connectivity index (χ0n) is 16.2. The number of nitrogens with zero attached hydrogens (tertiary/aromatic N) is 3. The highest BCUT2D eigenvalue weighted by Crippen LogP contribution is 2.65. The molecule has 4 heteroatoms. The summed E-state index contributed by atoms with van der Waals surface area (Å²) in [6.07, 6.45) is 6.38. The second-order valence-corrected chi connectivity index (χ2v) is 11.9. The van der Waals surface area contributed by atoms with E-state index in [0.29, 0.717) is 0 Å². The smallest absolute Gasteiger partial charge is 0.0721 e. The third kappa shape index (κ3) is 3.45. The topological polar surface area (TPSA) is 28.5 Å². The van der Waals surface area contributed by atoms with Crippen LogP contribution in [0.15, 0.2) is 47.5 Å². The largest absolute Gasteiger partial charge is 0.265 e. The average molecular weight is 355 g/mol. The molecule has 0 bridgehead atoms. The van der Waals surface area contributed by atoms with E-state index in [1.54, 1.807) is 0 Å². The van der Waals surface area contributed by atoms with Crippen LogP contribution in [0.2, 0.25) is 0 Å². The summed E-state index contributed by atoms with van der Waals surface area (Å²) in [6, 6.07) is 11.0. The number of aryl methyl sites for hydroxylation is 2. The van der Waals surface area contributed by atoms with Crippen LogP contribution >= 0.6 is 7.21 Å². The van der Waals surface area contributed by atoms with Gasteiger partial charge in [0.1, 0.15) is 0 Å². The van der Waals surface area contributed by atoms with Crippen molar-refractivity contribution >= 4 is 18.2 Å². The lowest BCUT2D eigenvalue weighted by Gasteiger charge is -2.44. The van der Waals surface area contributed by atoms with Crippen LogP contribution in [0.5, 0.6) is 0 Å². The molecule has 2 aromatic rings. The Kier molecular flexibility index (Phi) is 5.18. The number of hydrogen-bond acceptors (Lipinski definition) is 2. The molecule has 0 saturated carbocycles. The van der Waals surface area contributed by atoms with Gasteiger partial charge in [-0.25, -0.2) is 4.74 Å². The second-order valence-electron chi connectivity index (χ2n) is 8.03. The molecular formula is C21H30N3P. The molecule has 0 amide bonds. The highest BCUT2D eigenvalue weighted by Gasteiger charge is 2.42. The van der Waals surface area contributed by atoms with Crippen molar-refractivity contribution < 1.29 is 0 Å². The summed E-state index contributed by atoms with van der Waals surface area (Å²) in [6.45, 7) is 13.7. The fraction of sp³-hybridized carbons (Fsp3) is 0.476. The maximum Gasteiger partial charge on any atom is 0.0721 e. The summed E-state index contributed by atoms with van der Waals surface area (Å²) in [5.74, 6) is 0. The minimum Gasteiger partial charge on any atom is -0.265 e. The molecule has 3 nitrogen and oxygen atoms in total. The third-order valence-corrected chi connectivity index (χ3v) is 9.67. The van der Waals surface area contributed by atoms with E-state index in [1.807, 2.05) is 12.4 Å². The Morgan fingerprint density at radius 2 is 1.64 bits per heavy atom. The van der Waals surface area contributed by atoms with Gasteiger partial charge in [-0.2, -0.15) is 0 Å². The Morgan fingerprint density at radius 3 is 2.20 bits per heavy atom. The Bertz CT molecular complexity index is 785. The minimum absolute atomic E-state index is 0.0655. The molecule has 1 aromatic carbocycles. The van der Waals surface area contributed by atoms with Gasteiger partial charge in [-0.15, -0.1) is 0 Å². The van der Waals surface area contributed by atoms with Crippen molar-refractivity contribution in [2.75, 3.05) is 13.1 Å². The Balaban J connectivity index is 2.32. The van der Waals surface area contributed by atoms with Crippen LogP contribution in [0.4, 0.5) is 5.69 Å². The second kappa shape index (κ2) is 7.05. The van der Waals surface area contributed by atoms with Gasteiger partial charge in [0.15, 0.2) is 0 Å². The predicted octanol–water partition coefficient (Wildman–Crippen LogP) is 5.67. The van der Waals surface area contributed by atoms with E-state index in [1.165, 1.54) is 29.3 Å². The molecule has 1 aliphatic rings. The van der Waals surface area contributed by atoms with Crippen molar-refractivity contribution in [2.45, 2.75) is 52.6 Å². The summed E-state index contributed by atoms with van der Waals surface area (Å²) in [5, 5.41) is 1.41. The van der Waals surface area contributed by atoms with E-state index in [4.69, 9.17) is 4.74 Å². The number of aromatic nitrogens is 1. The van der Waals surface area contributed by atoms with Gasteiger partial charge in [0.05, 0.1) is 12.9 Å². The van der Waals surface area contributed by atoms with Crippen LogP contribution in [0.1, 0.15) is 44.7 Å². The number of benzene rings is 1.